The van der Waals surface area contributed by atoms with Crippen LogP contribution in [0.1, 0.15) is 24.2 Å². The fourth-order valence-electron chi connectivity index (χ4n) is 1.12. The van der Waals surface area contributed by atoms with Crippen molar-refractivity contribution in [3.05, 3.63) is 41.2 Å². The van der Waals surface area contributed by atoms with E-state index in [4.69, 9.17) is 5.73 Å². The van der Waals surface area contributed by atoms with Gasteiger partial charge >= 0.3 is 0 Å². The molecular formula is C12H15FN2O. The number of hydrogen-bond donors (Lipinski definition) is 2. The highest BCUT2D eigenvalue weighted by atomic mass is 19.1. The van der Waals surface area contributed by atoms with Crippen LogP contribution in [0, 0.1) is 5.82 Å². The normalized spacial score (nSPS) is 9.69. The van der Waals surface area contributed by atoms with E-state index in [0.717, 1.165) is 11.6 Å². The van der Waals surface area contributed by atoms with E-state index in [-0.39, 0.29) is 17.2 Å². The molecule has 0 aromatic heterocycles. The summed E-state index contributed by atoms with van der Waals surface area (Å²) >= 11 is 0. The topological polar surface area (TPSA) is 55.1 Å². The van der Waals surface area contributed by atoms with Crippen LogP contribution in [0.25, 0.3) is 0 Å². The Balaban J connectivity index is 2.66. The average Bonchev–Trinajstić information content (AvgIpc) is 2.21. The maximum atomic E-state index is 13.1. The van der Waals surface area contributed by atoms with Crippen LogP contribution in [0.5, 0.6) is 0 Å². The number of halogens is 1. The molecule has 0 saturated heterocycles. The van der Waals surface area contributed by atoms with Crippen molar-refractivity contribution in [3.8, 4) is 0 Å². The van der Waals surface area contributed by atoms with Gasteiger partial charge in [0.1, 0.15) is 5.82 Å². The molecule has 0 spiro atoms. The number of nitrogens with two attached hydrogens (primary N) is 1. The van der Waals surface area contributed by atoms with Gasteiger partial charge in [-0.1, -0.05) is 11.6 Å². The molecule has 0 saturated carbocycles. The lowest BCUT2D eigenvalue weighted by atomic mass is 10.2. The number of rotatable bonds is 3. The Morgan fingerprint density at radius 3 is 2.75 bits per heavy atom. The summed E-state index contributed by atoms with van der Waals surface area (Å²) in [5, 5.41) is 2.65. The Morgan fingerprint density at radius 1 is 1.50 bits per heavy atom. The highest BCUT2D eigenvalue weighted by molar-refractivity contribution is 5.94. The second-order valence-electron chi connectivity index (χ2n) is 3.73. The zero-order valence-electron chi connectivity index (χ0n) is 9.38. The van der Waals surface area contributed by atoms with Crippen LogP contribution in [0.15, 0.2) is 29.8 Å². The van der Waals surface area contributed by atoms with Gasteiger partial charge in [0.05, 0.1) is 5.69 Å². The van der Waals surface area contributed by atoms with Crippen LogP contribution in [0.2, 0.25) is 0 Å². The fraction of sp³-hybridized carbons (Fsp3) is 0.250. The lowest BCUT2D eigenvalue weighted by molar-refractivity contribution is 0.0957. The van der Waals surface area contributed by atoms with Gasteiger partial charge in [-0.15, -0.1) is 0 Å². The molecule has 3 N–H and O–H groups in total. The Morgan fingerprint density at radius 2 is 2.19 bits per heavy atom. The zero-order chi connectivity index (χ0) is 12.1. The quantitative estimate of drug-likeness (QED) is 0.608. The van der Waals surface area contributed by atoms with Crippen LogP contribution < -0.4 is 11.1 Å². The molecule has 86 valence electrons. The number of benzene rings is 1. The summed E-state index contributed by atoms with van der Waals surface area (Å²) in [7, 11) is 0. The molecule has 0 aliphatic rings. The molecule has 0 aliphatic heterocycles. The standard InChI is InChI=1S/C12H15FN2O/c1-8(2)5-6-15-12(16)9-3-4-11(14)10(13)7-9/h3-5,7H,6,14H2,1-2H3,(H,15,16). The number of allylic oxidation sites excluding steroid dienone is 1. The highest BCUT2D eigenvalue weighted by Crippen LogP contribution is 2.11. The first-order valence-corrected chi connectivity index (χ1v) is 4.97. The second kappa shape index (κ2) is 5.30. The van der Waals surface area contributed by atoms with Gasteiger partial charge in [-0.05, 0) is 32.0 Å². The molecule has 1 aromatic rings. The average molecular weight is 222 g/mol. The van der Waals surface area contributed by atoms with Gasteiger partial charge in [0.2, 0.25) is 0 Å². The van der Waals surface area contributed by atoms with Crippen LogP contribution >= 0.6 is 0 Å². The molecule has 0 atom stereocenters. The lowest BCUT2D eigenvalue weighted by Crippen LogP contribution is -2.23. The molecule has 1 aromatic carbocycles. The van der Waals surface area contributed by atoms with E-state index in [1.165, 1.54) is 12.1 Å². The minimum Gasteiger partial charge on any atom is -0.396 e. The third-order valence-corrected chi connectivity index (χ3v) is 2.04. The van der Waals surface area contributed by atoms with E-state index in [9.17, 15) is 9.18 Å². The molecule has 1 amide bonds. The molecule has 3 nitrogen and oxygen atoms in total. The summed E-state index contributed by atoms with van der Waals surface area (Å²) in [6.45, 7) is 4.32. The van der Waals surface area contributed by atoms with Crippen LogP contribution in [-0.4, -0.2) is 12.5 Å². The van der Waals surface area contributed by atoms with Gasteiger partial charge in [-0.2, -0.15) is 0 Å². The molecule has 1 rings (SSSR count). The molecule has 0 fully saturated rings. The molecule has 0 unspecified atom stereocenters. The minimum absolute atomic E-state index is 0.0425. The van der Waals surface area contributed by atoms with Gasteiger partial charge in [-0.25, -0.2) is 4.39 Å². The third-order valence-electron chi connectivity index (χ3n) is 2.04. The SMILES string of the molecule is CC(C)=CCNC(=O)c1ccc(N)c(F)c1. The molecule has 0 bridgehead atoms. The number of hydrogen-bond acceptors (Lipinski definition) is 2. The second-order valence-corrected chi connectivity index (χ2v) is 3.73. The van der Waals surface area contributed by atoms with Crippen molar-refractivity contribution < 1.29 is 9.18 Å². The van der Waals surface area contributed by atoms with Gasteiger partial charge in [0.25, 0.3) is 5.91 Å². The van der Waals surface area contributed by atoms with E-state index in [1.807, 2.05) is 19.9 Å². The van der Waals surface area contributed by atoms with E-state index in [0.29, 0.717) is 6.54 Å². The Labute approximate surface area is 94.1 Å². The molecule has 0 radical (unpaired) electrons. The summed E-state index contributed by atoms with van der Waals surface area (Å²) in [5.74, 6) is -0.883. The summed E-state index contributed by atoms with van der Waals surface area (Å²) in [6.07, 6.45) is 1.88. The monoisotopic (exact) mass is 222 g/mol. The number of carbonyl (C=O) groups excluding carboxylic acids is 1. The van der Waals surface area contributed by atoms with Gasteiger partial charge in [0, 0.05) is 12.1 Å². The van der Waals surface area contributed by atoms with Gasteiger partial charge < -0.3 is 11.1 Å². The number of anilines is 1. The van der Waals surface area contributed by atoms with Gasteiger partial charge in [0.15, 0.2) is 0 Å². The number of nitrogens with one attached hydrogen (secondary N) is 1. The lowest BCUT2D eigenvalue weighted by Gasteiger charge is -2.04. The first-order chi connectivity index (χ1) is 7.50. The molecule has 0 heterocycles. The molecule has 0 aliphatic carbocycles. The zero-order valence-corrected chi connectivity index (χ0v) is 9.38. The van der Waals surface area contributed by atoms with Crippen molar-refractivity contribution in [2.75, 3.05) is 12.3 Å². The Bertz CT molecular complexity index is 423. The number of amides is 1. The van der Waals surface area contributed by atoms with Gasteiger partial charge in [-0.3, -0.25) is 4.79 Å². The first kappa shape index (κ1) is 12.2. The van der Waals surface area contributed by atoms with Crippen LogP contribution in [0.3, 0.4) is 0 Å². The molecule has 16 heavy (non-hydrogen) atoms. The van der Waals surface area contributed by atoms with Crippen molar-refractivity contribution in [2.45, 2.75) is 13.8 Å². The summed E-state index contributed by atoms with van der Waals surface area (Å²) in [5.41, 5.74) is 6.74. The minimum atomic E-state index is -0.574. The van der Waals surface area contributed by atoms with E-state index in [1.54, 1.807) is 0 Å². The summed E-state index contributed by atoms with van der Waals surface area (Å²) in [4.78, 5) is 11.5. The largest absolute Gasteiger partial charge is 0.396 e. The highest BCUT2D eigenvalue weighted by Gasteiger charge is 2.06. The fourth-order valence-corrected chi connectivity index (χ4v) is 1.12. The molecule has 4 heteroatoms. The Hall–Kier alpha value is -1.84. The predicted octanol–water partition coefficient (Wildman–Crippen LogP) is 2.10. The maximum Gasteiger partial charge on any atom is 0.251 e. The van der Waals surface area contributed by atoms with Crippen LogP contribution in [0.4, 0.5) is 10.1 Å². The van der Waals surface area contributed by atoms with E-state index >= 15 is 0 Å². The Kier molecular flexibility index (Phi) is 4.05. The van der Waals surface area contributed by atoms with Crippen molar-refractivity contribution in [2.24, 2.45) is 0 Å². The van der Waals surface area contributed by atoms with Crippen molar-refractivity contribution in [3.63, 3.8) is 0 Å². The maximum absolute atomic E-state index is 13.1. The number of nitrogen functional groups attached to an aromatic ring is 1. The van der Waals surface area contributed by atoms with Crippen molar-refractivity contribution in [1.29, 1.82) is 0 Å². The van der Waals surface area contributed by atoms with Crippen molar-refractivity contribution >= 4 is 11.6 Å². The molecular weight excluding hydrogens is 207 g/mol. The predicted molar refractivity (Wildman–Crippen MR) is 62.6 cm³/mol. The summed E-state index contributed by atoms with van der Waals surface area (Å²) in [6, 6.07) is 4.01. The van der Waals surface area contributed by atoms with Crippen molar-refractivity contribution in [1.82, 2.24) is 5.32 Å². The van der Waals surface area contributed by atoms with E-state index < -0.39 is 5.82 Å². The third kappa shape index (κ3) is 3.38. The van der Waals surface area contributed by atoms with E-state index in [2.05, 4.69) is 5.32 Å². The number of carbonyl (C=O) groups is 1. The first-order valence-electron chi connectivity index (χ1n) is 4.97. The van der Waals surface area contributed by atoms with Crippen LogP contribution in [-0.2, 0) is 0 Å². The smallest absolute Gasteiger partial charge is 0.251 e. The summed E-state index contributed by atoms with van der Waals surface area (Å²) < 4.78 is 13.1.